The smallest absolute Gasteiger partial charge is 0.266 e. The number of carbonyl (C=O) groups excluding carboxylic acids is 1. The number of hydrogen-bond donors (Lipinski definition) is 1. The number of aryl methyl sites for hydroxylation is 3. The fraction of sp³-hybridized carbons (Fsp3) is 0.190. The number of hydrogen-bond acceptors (Lipinski definition) is 6. The molecule has 3 aromatic heterocycles. The lowest BCUT2D eigenvalue weighted by Gasteiger charge is -2.10. The van der Waals surface area contributed by atoms with Crippen molar-refractivity contribution in [2.45, 2.75) is 20.8 Å². The first-order valence-corrected chi connectivity index (χ1v) is 9.57. The van der Waals surface area contributed by atoms with Gasteiger partial charge in [-0.3, -0.25) is 4.79 Å². The van der Waals surface area contributed by atoms with Crippen LogP contribution in [0, 0.1) is 20.8 Å². The summed E-state index contributed by atoms with van der Waals surface area (Å²) in [6.45, 7) is 5.81. The van der Waals surface area contributed by atoms with E-state index >= 15 is 0 Å². The number of benzene rings is 1. The summed E-state index contributed by atoms with van der Waals surface area (Å²) in [5, 5.41) is 3.87. The highest BCUT2D eigenvalue weighted by Gasteiger charge is 2.21. The van der Waals surface area contributed by atoms with Gasteiger partial charge in [0.25, 0.3) is 5.91 Å². The molecule has 0 unspecified atom stereocenters. The van der Waals surface area contributed by atoms with Gasteiger partial charge in [0.15, 0.2) is 11.6 Å². The van der Waals surface area contributed by atoms with E-state index in [4.69, 9.17) is 9.15 Å². The van der Waals surface area contributed by atoms with Crippen molar-refractivity contribution < 1.29 is 13.9 Å². The molecule has 0 aliphatic carbocycles. The minimum absolute atomic E-state index is 0.191. The van der Waals surface area contributed by atoms with Crippen LogP contribution in [0.3, 0.4) is 0 Å². The number of nitrogens with one attached hydrogen (secondary N) is 1. The summed E-state index contributed by atoms with van der Waals surface area (Å²) in [4.78, 5) is 23.5. The Balaban J connectivity index is 1.75. The third-order valence-corrected chi connectivity index (χ3v) is 5.71. The fourth-order valence-electron chi connectivity index (χ4n) is 3.17. The number of nitrogens with zero attached hydrogens (tertiary/aromatic N) is 2. The predicted octanol–water partition coefficient (Wildman–Crippen LogP) is 5.14. The average molecular weight is 393 g/mol. The van der Waals surface area contributed by atoms with Crippen LogP contribution in [0.4, 0.5) is 5.69 Å². The van der Waals surface area contributed by atoms with Crippen LogP contribution in [0.2, 0.25) is 0 Å². The molecule has 0 radical (unpaired) electrons. The van der Waals surface area contributed by atoms with E-state index in [0.717, 1.165) is 27.0 Å². The van der Waals surface area contributed by atoms with Crippen molar-refractivity contribution in [1.29, 1.82) is 0 Å². The van der Waals surface area contributed by atoms with Gasteiger partial charge in [-0.25, -0.2) is 9.97 Å². The van der Waals surface area contributed by atoms with Crippen LogP contribution in [0.1, 0.15) is 26.5 Å². The predicted molar refractivity (Wildman–Crippen MR) is 110 cm³/mol. The molecule has 0 bridgehead atoms. The highest BCUT2D eigenvalue weighted by molar-refractivity contribution is 7.20. The zero-order valence-corrected chi connectivity index (χ0v) is 16.8. The van der Waals surface area contributed by atoms with E-state index in [1.54, 1.807) is 19.4 Å². The first-order valence-electron chi connectivity index (χ1n) is 8.75. The molecular weight excluding hydrogens is 374 g/mol. The van der Waals surface area contributed by atoms with Crippen molar-refractivity contribution in [3.8, 4) is 17.3 Å². The van der Waals surface area contributed by atoms with Gasteiger partial charge in [0.05, 0.1) is 29.6 Å². The molecule has 142 valence electrons. The molecule has 1 aromatic carbocycles. The van der Waals surface area contributed by atoms with Crippen molar-refractivity contribution in [1.82, 2.24) is 9.97 Å². The highest BCUT2D eigenvalue weighted by atomic mass is 32.1. The summed E-state index contributed by atoms with van der Waals surface area (Å²) in [7, 11) is 1.58. The Morgan fingerprint density at radius 1 is 1.18 bits per heavy atom. The number of thiophene rings is 1. The number of methoxy groups -OCH3 is 1. The van der Waals surface area contributed by atoms with E-state index in [2.05, 4.69) is 15.3 Å². The van der Waals surface area contributed by atoms with Crippen LogP contribution in [0.15, 0.2) is 41.0 Å². The first kappa shape index (κ1) is 18.2. The molecule has 4 aromatic rings. The monoisotopic (exact) mass is 393 g/mol. The second-order valence-corrected chi connectivity index (χ2v) is 7.50. The van der Waals surface area contributed by atoms with Crippen molar-refractivity contribution in [2.24, 2.45) is 0 Å². The van der Waals surface area contributed by atoms with E-state index in [0.29, 0.717) is 27.9 Å². The minimum atomic E-state index is -0.191. The second-order valence-electron chi connectivity index (χ2n) is 6.50. The van der Waals surface area contributed by atoms with E-state index < -0.39 is 0 Å². The molecule has 3 heterocycles. The maximum atomic E-state index is 13.0. The maximum absolute atomic E-state index is 13.0. The zero-order valence-electron chi connectivity index (χ0n) is 16.0. The van der Waals surface area contributed by atoms with Crippen LogP contribution in [-0.4, -0.2) is 23.0 Å². The molecule has 6 nitrogen and oxygen atoms in total. The number of ether oxygens (including phenoxy) is 1. The van der Waals surface area contributed by atoms with Gasteiger partial charge in [0, 0.05) is 5.39 Å². The molecule has 28 heavy (non-hydrogen) atoms. The lowest BCUT2D eigenvalue weighted by molar-refractivity contribution is 0.102. The summed E-state index contributed by atoms with van der Waals surface area (Å²) in [5.41, 5.74) is 3.36. The zero-order chi connectivity index (χ0) is 19.8. The number of furan rings is 1. The topological polar surface area (TPSA) is 77.2 Å². The molecule has 7 heteroatoms. The second kappa shape index (κ2) is 7.09. The van der Waals surface area contributed by atoms with Gasteiger partial charge in [-0.05, 0) is 56.2 Å². The molecule has 0 aliphatic rings. The van der Waals surface area contributed by atoms with Crippen LogP contribution < -0.4 is 10.1 Å². The molecule has 1 N–H and O–H groups in total. The van der Waals surface area contributed by atoms with Crippen molar-refractivity contribution in [3.63, 3.8) is 0 Å². The summed E-state index contributed by atoms with van der Waals surface area (Å²) in [6, 6.07) is 9.28. The lowest BCUT2D eigenvalue weighted by atomic mass is 10.1. The third-order valence-electron chi connectivity index (χ3n) is 4.52. The SMILES string of the molecule is COc1ccc(C)cc1NC(=O)c1sc2nc(-c3ccco3)nc(C)c2c1C. The number of carbonyl (C=O) groups is 1. The first-order chi connectivity index (χ1) is 13.5. The third kappa shape index (κ3) is 3.14. The van der Waals surface area contributed by atoms with Crippen LogP contribution in [0.5, 0.6) is 5.75 Å². The number of aromatic nitrogens is 2. The maximum Gasteiger partial charge on any atom is 0.266 e. The molecular formula is C21H19N3O3S. The standard InChI is InChI=1S/C21H19N3O3S/c1-11-7-8-15(26-4)14(10-11)23-20(25)18-12(2)17-13(3)22-19(24-21(17)28-18)16-6-5-9-27-16/h5-10H,1-4H3,(H,23,25). The van der Waals surface area contributed by atoms with Crippen molar-refractivity contribution in [3.05, 3.63) is 58.3 Å². The van der Waals surface area contributed by atoms with Gasteiger partial charge in [-0.1, -0.05) is 6.07 Å². The average Bonchev–Trinajstić information content (AvgIpc) is 3.30. The summed E-state index contributed by atoms with van der Waals surface area (Å²) in [6.07, 6.45) is 1.59. The number of anilines is 1. The van der Waals surface area contributed by atoms with Crippen LogP contribution >= 0.6 is 11.3 Å². The van der Waals surface area contributed by atoms with Crippen molar-refractivity contribution in [2.75, 3.05) is 12.4 Å². The molecule has 0 spiro atoms. The Bertz CT molecular complexity index is 1180. The van der Waals surface area contributed by atoms with Gasteiger partial charge < -0.3 is 14.5 Å². The Hall–Kier alpha value is -3.19. The fourth-order valence-corrected chi connectivity index (χ4v) is 4.30. The Morgan fingerprint density at radius 2 is 2.00 bits per heavy atom. The number of amides is 1. The quantitative estimate of drug-likeness (QED) is 0.520. The normalized spacial score (nSPS) is 11.0. The molecule has 4 rings (SSSR count). The van der Waals surface area contributed by atoms with E-state index in [1.165, 1.54) is 11.3 Å². The highest BCUT2D eigenvalue weighted by Crippen LogP contribution is 2.34. The van der Waals surface area contributed by atoms with Crippen LogP contribution in [0.25, 0.3) is 21.8 Å². The van der Waals surface area contributed by atoms with Gasteiger partial charge in [0.1, 0.15) is 10.6 Å². The Morgan fingerprint density at radius 3 is 2.71 bits per heavy atom. The van der Waals surface area contributed by atoms with E-state index in [9.17, 15) is 4.79 Å². The largest absolute Gasteiger partial charge is 0.495 e. The minimum Gasteiger partial charge on any atom is -0.495 e. The summed E-state index contributed by atoms with van der Waals surface area (Å²) < 4.78 is 10.8. The molecule has 0 atom stereocenters. The molecule has 0 saturated carbocycles. The lowest BCUT2D eigenvalue weighted by Crippen LogP contribution is -2.12. The van der Waals surface area contributed by atoms with E-state index in [-0.39, 0.29) is 5.91 Å². The van der Waals surface area contributed by atoms with Gasteiger partial charge in [-0.2, -0.15) is 0 Å². The molecule has 0 fully saturated rings. The van der Waals surface area contributed by atoms with Gasteiger partial charge in [0.2, 0.25) is 0 Å². The number of fused-ring (bicyclic) bond motifs is 1. The molecule has 0 saturated heterocycles. The Kier molecular flexibility index (Phi) is 4.60. The Labute approximate surface area is 166 Å². The summed E-state index contributed by atoms with van der Waals surface area (Å²) >= 11 is 1.35. The summed E-state index contributed by atoms with van der Waals surface area (Å²) in [5.74, 6) is 1.55. The van der Waals surface area contributed by atoms with Crippen molar-refractivity contribution >= 4 is 33.1 Å². The van der Waals surface area contributed by atoms with Crippen LogP contribution in [-0.2, 0) is 0 Å². The van der Waals surface area contributed by atoms with Gasteiger partial charge >= 0.3 is 0 Å². The number of rotatable bonds is 4. The van der Waals surface area contributed by atoms with E-state index in [1.807, 2.05) is 45.0 Å². The molecule has 1 amide bonds. The van der Waals surface area contributed by atoms with Gasteiger partial charge in [-0.15, -0.1) is 11.3 Å². The molecule has 0 aliphatic heterocycles.